The van der Waals surface area contributed by atoms with Crippen molar-refractivity contribution < 1.29 is 13.3 Å². The highest BCUT2D eigenvalue weighted by Crippen LogP contribution is 2.29. The third kappa shape index (κ3) is 5.46. The summed E-state index contributed by atoms with van der Waals surface area (Å²) in [6.07, 6.45) is 1.89. The van der Waals surface area contributed by atoms with Gasteiger partial charge in [0.2, 0.25) is 10.0 Å². The number of nitro groups is 1. The quantitative estimate of drug-likeness (QED) is 0.262. The topological polar surface area (TPSA) is 89.3 Å². The van der Waals surface area contributed by atoms with Gasteiger partial charge in [-0.05, 0) is 34.4 Å². The Morgan fingerprint density at radius 1 is 0.735 bits per heavy atom. The van der Waals surface area contributed by atoms with Crippen molar-refractivity contribution >= 4 is 21.3 Å². The van der Waals surface area contributed by atoms with Crippen LogP contribution in [0.2, 0.25) is 0 Å². The molecule has 0 amide bonds. The van der Waals surface area contributed by atoms with Gasteiger partial charge in [0, 0.05) is 12.1 Å². The smallest absolute Gasteiger partial charge is 0.258 e. The fourth-order valence-corrected chi connectivity index (χ4v) is 4.77. The van der Waals surface area contributed by atoms with E-state index in [1.54, 1.807) is 0 Å². The van der Waals surface area contributed by atoms with Crippen LogP contribution in [-0.4, -0.2) is 13.3 Å². The highest BCUT2D eigenvalue weighted by Gasteiger charge is 2.22. The molecule has 170 valence electrons. The Morgan fingerprint density at radius 2 is 1.21 bits per heavy atom. The van der Waals surface area contributed by atoms with Crippen LogP contribution in [0.25, 0.3) is 5.57 Å². The van der Waals surface area contributed by atoms with E-state index in [-0.39, 0.29) is 10.6 Å². The van der Waals surface area contributed by atoms with Crippen molar-refractivity contribution in [2.45, 2.75) is 10.9 Å². The lowest BCUT2D eigenvalue weighted by atomic mass is 9.94. The lowest BCUT2D eigenvalue weighted by molar-refractivity contribution is -0.384. The number of non-ortho nitro benzene ring substituents is 1. The molecule has 6 nitrogen and oxygen atoms in total. The summed E-state index contributed by atoms with van der Waals surface area (Å²) in [6, 6.07) is 32.9. The van der Waals surface area contributed by atoms with Crippen molar-refractivity contribution in [2.24, 2.45) is 0 Å². The van der Waals surface area contributed by atoms with Crippen molar-refractivity contribution in [1.29, 1.82) is 0 Å². The number of hydrogen-bond donors (Lipinski definition) is 1. The molecule has 7 heteroatoms. The molecule has 0 saturated heterocycles. The van der Waals surface area contributed by atoms with Gasteiger partial charge in [0.25, 0.3) is 5.69 Å². The molecule has 34 heavy (non-hydrogen) atoms. The average molecular weight is 471 g/mol. The molecular formula is C27H22N2O4S. The number of nitrogens with one attached hydrogen (secondary N) is 1. The first-order chi connectivity index (χ1) is 16.4. The molecule has 0 radical (unpaired) electrons. The second kappa shape index (κ2) is 10.2. The summed E-state index contributed by atoms with van der Waals surface area (Å²) in [7, 11) is -3.98. The molecule has 0 unspecified atom stereocenters. The van der Waals surface area contributed by atoms with Gasteiger partial charge in [0.15, 0.2) is 0 Å². The van der Waals surface area contributed by atoms with Gasteiger partial charge in [0.1, 0.15) is 0 Å². The van der Waals surface area contributed by atoms with E-state index in [4.69, 9.17) is 0 Å². The molecule has 0 bridgehead atoms. The van der Waals surface area contributed by atoms with Crippen LogP contribution in [0.1, 0.15) is 22.7 Å². The van der Waals surface area contributed by atoms with Crippen molar-refractivity contribution in [2.75, 3.05) is 0 Å². The van der Waals surface area contributed by atoms with Crippen LogP contribution in [-0.2, 0) is 10.0 Å². The van der Waals surface area contributed by atoms with E-state index in [0.29, 0.717) is 0 Å². The highest BCUT2D eigenvalue weighted by atomic mass is 32.2. The van der Waals surface area contributed by atoms with Crippen LogP contribution in [0.3, 0.4) is 0 Å². The first-order valence-corrected chi connectivity index (χ1v) is 12.1. The van der Waals surface area contributed by atoms with Gasteiger partial charge in [-0.1, -0.05) is 97.1 Å². The molecule has 0 heterocycles. The summed E-state index contributed by atoms with van der Waals surface area (Å²) in [4.78, 5) is 10.3. The van der Waals surface area contributed by atoms with Crippen LogP contribution in [0.5, 0.6) is 0 Å². The second-order valence-corrected chi connectivity index (χ2v) is 9.29. The molecule has 0 aliphatic carbocycles. The molecule has 0 fully saturated rings. The normalized spacial score (nSPS) is 12.0. The van der Waals surface area contributed by atoms with Gasteiger partial charge in [-0.25, -0.2) is 8.42 Å². The van der Waals surface area contributed by atoms with Gasteiger partial charge in [-0.15, -0.1) is 0 Å². The van der Waals surface area contributed by atoms with Crippen molar-refractivity contribution in [3.8, 4) is 0 Å². The molecule has 4 aromatic rings. The number of nitro benzene ring substituents is 1. The molecule has 0 aromatic heterocycles. The van der Waals surface area contributed by atoms with E-state index in [2.05, 4.69) is 4.72 Å². The van der Waals surface area contributed by atoms with Crippen LogP contribution in [0.4, 0.5) is 5.69 Å². The lowest BCUT2D eigenvalue weighted by Crippen LogP contribution is -2.28. The van der Waals surface area contributed by atoms with E-state index >= 15 is 0 Å². The van der Waals surface area contributed by atoms with E-state index in [0.717, 1.165) is 22.3 Å². The number of rotatable bonds is 8. The fourth-order valence-electron chi connectivity index (χ4n) is 3.60. The molecule has 4 rings (SSSR count). The second-order valence-electron chi connectivity index (χ2n) is 7.57. The van der Waals surface area contributed by atoms with Crippen LogP contribution >= 0.6 is 0 Å². The van der Waals surface area contributed by atoms with Gasteiger partial charge < -0.3 is 0 Å². The van der Waals surface area contributed by atoms with Crippen LogP contribution in [0.15, 0.2) is 126 Å². The SMILES string of the molecule is O=[N+]([O-])c1ccc(S(=O)(=O)N[C@H](C=C(c2ccccc2)c2ccccc2)c2ccccc2)cc1. The standard InChI is InChI=1S/C27H22N2O4S/c30-29(31)24-16-18-25(19-17-24)34(32,33)28-27(23-14-8-3-9-15-23)20-26(21-10-4-1-5-11-21)22-12-6-2-7-13-22/h1-20,27-28H/t27-/m1/s1. The average Bonchev–Trinajstić information content (AvgIpc) is 2.88. The van der Waals surface area contributed by atoms with E-state index in [1.165, 1.54) is 24.3 Å². The van der Waals surface area contributed by atoms with Gasteiger partial charge in [-0.2, -0.15) is 4.72 Å². The molecule has 0 spiro atoms. The Morgan fingerprint density at radius 3 is 1.68 bits per heavy atom. The summed E-state index contributed by atoms with van der Waals surface area (Å²) in [5.74, 6) is 0. The summed E-state index contributed by atoms with van der Waals surface area (Å²) in [5, 5.41) is 10.9. The molecule has 4 aromatic carbocycles. The number of sulfonamides is 1. The Labute approximate surface area is 198 Å². The van der Waals surface area contributed by atoms with Crippen molar-refractivity contribution in [3.05, 3.63) is 148 Å². The lowest BCUT2D eigenvalue weighted by Gasteiger charge is -2.19. The minimum absolute atomic E-state index is 0.0478. The number of hydrogen-bond acceptors (Lipinski definition) is 4. The van der Waals surface area contributed by atoms with Crippen LogP contribution < -0.4 is 4.72 Å². The zero-order chi connectivity index (χ0) is 24.0. The molecule has 1 atom stereocenters. The molecule has 0 aliphatic heterocycles. The fraction of sp³-hybridized carbons (Fsp3) is 0.0370. The summed E-state index contributed by atoms with van der Waals surface area (Å²) >= 11 is 0. The Balaban J connectivity index is 1.79. The number of nitrogens with zero attached hydrogens (tertiary/aromatic N) is 1. The minimum Gasteiger partial charge on any atom is -0.258 e. The maximum Gasteiger partial charge on any atom is 0.269 e. The first kappa shape index (κ1) is 23.1. The third-order valence-corrected chi connectivity index (χ3v) is 6.76. The highest BCUT2D eigenvalue weighted by molar-refractivity contribution is 7.89. The minimum atomic E-state index is -3.98. The van der Waals surface area contributed by atoms with E-state index in [1.807, 2.05) is 97.1 Å². The van der Waals surface area contributed by atoms with Gasteiger partial charge in [0.05, 0.1) is 15.9 Å². The Kier molecular flexibility index (Phi) is 6.96. The Hall–Kier alpha value is -4.07. The maximum absolute atomic E-state index is 13.2. The summed E-state index contributed by atoms with van der Waals surface area (Å²) in [6.45, 7) is 0. The Bertz CT molecular complexity index is 1350. The zero-order valence-electron chi connectivity index (χ0n) is 18.1. The largest absolute Gasteiger partial charge is 0.269 e. The first-order valence-electron chi connectivity index (χ1n) is 10.6. The predicted molar refractivity (Wildman–Crippen MR) is 133 cm³/mol. The maximum atomic E-state index is 13.2. The van der Waals surface area contributed by atoms with Crippen molar-refractivity contribution in [3.63, 3.8) is 0 Å². The monoisotopic (exact) mass is 470 g/mol. The summed E-state index contributed by atoms with van der Waals surface area (Å²) in [5.41, 5.74) is 3.36. The molecule has 0 saturated carbocycles. The van der Waals surface area contributed by atoms with Crippen molar-refractivity contribution in [1.82, 2.24) is 4.72 Å². The predicted octanol–water partition coefficient (Wildman–Crippen LogP) is 5.75. The van der Waals surface area contributed by atoms with Crippen LogP contribution in [0, 0.1) is 10.1 Å². The zero-order valence-corrected chi connectivity index (χ0v) is 18.9. The molecule has 1 N–H and O–H groups in total. The van der Waals surface area contributed by atoms with Gasteiger partial charge >= 0.3 is 0 Å². The molecule has 0 aliphatic rings. The van der Waals surface area contributed by atoms with E-state index in [9.17, 15) is 18.5 Å². The number of benzene rings is 4. The summed E-state index contributed by atoms with van der Waals surface area (Å²) < 4.78 is 29.3. The van der Waals surface area contributed by atoms with E-state index < -0.39 is 21.0 Å². The third-order valence-electron chi connectivity index (χ3n) is 5.30. The molecular weight excluding hydrogens is 448 g/mol. The van der Waals surface area contributed by atoms with Gasteiger partial charge in [-0.3, -0.25) is 10.1 Å².